The third-order valence-electron chi connectivity index (χ3n) is 5.07. The van der Waals surface area contributed by atoms with E-state index in [-0.39, 0.29) is 18.2 Å². The molecule has 144 valence electrons. The number of para-hydroxylation sites is 2. The molecule has 2 amide bonds. The lowest BCUT2D eigenvalue weighted by Gasteiger charge is -2.44. The van der Waals surface area contributed by atoms with Gasteiger partial charge in [-0.25, -0.2) is 9.48 Å². The lowest BCUT2D eigenvalue weighted by molar-refractivity contribution is -0.135. The van der Waals surface area contributed by atoms with Crippen LogP contribution in [0.2, 0.25) is 0 Å². The molecule has 27 heavy (non-hydrogen) atoms. The number of hydrogen-bond acceptors (Lipinski definition) is 4. The van der Waals surface area contributed by atoms with E-state index in [1.54, 1.807) is 0 Å². The molecule has 2 aliphatic heterocycles. The Kier molecular flexibility index (Phi) is 4.44. The molecule has 0 bridgehead atoms. The molecule has 0 spiro atoms. The summed E-state index contributed by atoms with van der Waals surface area (Å²) in [6.07, 6.45) is -0.0780. The van der Waals surface area contributed by atoms with Gasteiger partial charge in [0.15, 0.2) is 0 Å². The van der Waals surface area contributed by atoms with Crippen LogP contribution in [-0.4, -0.2) is 58.2 Å². The minimum atomic E-state index is -0.401. The molecule has 3 heterocycles. The van der Waals surface area contributed by atoms with Crippen molar-refractivity contribution in [3.8, 4) is 5.69 Å². The number of aryl methyl sites for hydroxylation is 2. The summed E-state index contributed by atoms with van der Waals surface area (Å²) in [5.74, 6) is 0. The van der Waals surface area contributed by atoms with Crippen molar-refractivity contribution in [1.82, 2.24) is 14.7 Å². The number of nitrogens with zero attached hydrogens (tertiary/aromatic N) is 3. The average Bonchev–Trinajstić information content (AvgIpc) is 3.19. The van der Waals surface area contributed by atoms with E-state index in [1.807, 2.05) is 67.6 Å². The number of fused-ring (bicyclic) bond motifs is 1. The van der Waals surface area contributed by atoms with Crippen LogP contribution in [0.5, 0.6) is 0 Å². The van der Waals surface area contributed by atoms with Crippen LogP contribution in [-0.2, 0) is 9.47 Å². The first-order valence-corrected chi connectivity index (χ1v) is 9.30. The molecule has 0 unspecified atom stereocenters. The van der Waals surface area contributed by atoms with Gasteiger partial charge in [0.1, 0.15) is 6.10 Å². The van der Waals surface area contributed by atoms with E-state index in [0.717, 1.165) is 22.8 Å². The third kappa shape index (κ3) is 3.44. The molecular formula is C20H26N4O3. The molecule has 0 saturated carbocycles. The molecule has 1 N–H and O–H groups in total. The third-order valence-corrected chi connectivity index (χ3v) is 5.07. The maximum atomic E-state index is 13.1. The highest BCUT2D eigenvalue weighted by Gasteiger charge is 2.46. The second-order valence-electron chi connectivity index (χ2n) is 7.93. The zero-order valence-corrected chi connectivity index (χ0v) is 16.2. The molecule has 1 aromatic heterocycles. The van der Waals surface area contributed by atoms with Crippen molar-refractivity contribution in [2.45, 2.75) is 45.4 Å². The zero-order chi connectivity index (χ0) is 19.2. The average molecular weight is 370 g/mol. The number of benzene rings is 1. The van der Waals surface area contributed by atoms with Crippen molar-refractivity contribution in [3.05, 3.63) is 41.7 Å². The second kappa shape index (κ2) is 6.65. The number of urea groups is 1. The van der Waals surface area contributed by atoms with Crippen LogP contribution in [0.4, 0.5) is 10.5 Å². The summed E-state index contributed by atoms with van der Waals surface area (Å²) in [5.41, 5.74) is 3.14. The van der Waals surface area contributed by atoms with Crippen molar-refractivity contribution in [2.24, 2.45) is 0 Å². The van der Waals surface area contributed by atoms with Crippen molar-refractivity contribution in [3.63, 3.8) is 0 Å². The van der Waals surface area contributed by atoms with Gasteiger partial charge in [0.2, 0.25) is 0 Å². The summed E-state index contributed by atoms with van der Waals surface area (Å²) >= 11 is 0. The SMILES string of the molecule is Cc1cc(C)n(-c2ccccc2NC(=O)N2CC(C)(C)O[C@@H]3COC[C@H]32)n1. The van der Waals surface area contributed by atoms with Crippen molar-refractivity contribution >= 4 is 11.7 Å². The quantitative estimate of drug-likeness (QED) is 0.883. The second-order valence-corrected chi connectivity index (χ2v) is 7.93. The van der Waals surface area contributed by atoms with E-state index in [4.69, 9.17) is 9.47 Å². The van der Waals surface area contributed by atoms with Gasteiger partial charge in [-0.2, -0.15) is 5.10 Å². The molecule has 4 rings (SSSR count). The monoisotopic (exact) mass is 370 g/mol. The van der Waals surface area contributed by atoms with Crippen LogP contribution in [0.1, 0.15) is 25.2 Å². The highest BCUT2D eigenvalue weighted by Crippen LogP contribution is 2.30. The summed E-state index contributed by atoms with van der Waals surface area (Å²) in [4.78, 5) is 15.0. The highest BCUT2D eigenvalue weighted by atomic mass is 16.6. The van der Waals surface area contributed by atoms with Gasteiger partial charge < -0.3 is 19.7 Å². The molecule has 2 saturated heterocycles. The van der Waals surface area contributed by atoms with Crippen LogP contribution in [0, 0.1) is 13.8 Å². The van der Waals surface area contributed by atoms with Gasteiger partial charge in [-0.05, 0) is 45.9 Å². The minimum Gasteiger partial charge on any atom is -0.376 e. The number of anilines is 1. The smallest absolute Gasteiger partial charge is 0.322 e. The number of carbonyl (C=O) groups is 1. The number of ether oxygens (including phenoxy) is 2. The molecule has 0 radical (unpaired) electrons. The molecule has 1 aromatic carbocycles. The van der Waals surface area contributed by atoms with Crippen LogP contribution < -0.4 is 5.32 Å². The largest absolute Gasteiger partial charge is 0.376 e. The predicted octanol–water partition coefficient (Wildman–Crippen LogP) is 2.90. The summed E-state index contributed by atoms with van der Waals surface area (Å²) < 4.78 is 13.5. The Bertz CT molecular complexity index is 861. The molecule has 2 atom stereocenters. The number of hydrogen-bond donors (Lipinski definition) is 1. The van der Waals surface area contributed by atoms with Gasteiger partial charge in [-0.3, -0.25) is 0 Å². The Morgan fingerprint density at radius 1 is 1.26 bits per heavy atom. The number of amides is 2. The maximum absolute atomic E-state index is 13.1. The summed E-state index contributed by atoms with van der Waals surface area (Å²) in [6, 6.07) is 9.54. The first-order valence-electron chi connectivity index (χ1n) is 9.30. The van der Waals surface area contributed by atoms with E-state index in [2.05, 4.69) is 10.4 Å². The van der Waals surface area contributed by atoms with Gasteiger partial charge in [0, 0.05) is 5.69 Å². The normalized spacial score (nSPS) is 23.9. The Morgan fingerprint density at radius 2 is 2.04 bits per heavy atom. The number of nitrogens with one attached hydrogen (secondary N) is 1. The first-order chi connectivity index (χ1) is 12.8. The van der Waals surface area contributed by atoms with E-state index in [1.165, 1.54) is 0 Å². The van der Waals surface area contributed by atoms with Crippen LogP contribution in [0.25, 0.3) is 5.69 Å². The standard InChI is InChI=1S/C20H26N4O3/c1-13-9-14(2)24(22-13)16-8-6-5-7-15(16)21-19(25)23-12-20(3,4)27-18-11-26-10-17(18)23/h5-9,17-18H,10-12H2,1-4H3,(H,21,25)/t17-,18-/m1/s1. The zero-order valence-electron chi connectivity index (χ0n) is 16.2. The van der Waals surface area contributed by atoms with Gasteiger partial charge in [0.05, 0.1) is 48.5 Å². The van der Waals surface area contributed by atoms with E-state index >= 15 is 0 Å². The number of morpholine rings is 1. The number of aromatic nitrogens is 2. The summed E-state index contributed by atoms with van der Waals surface area (Å²) in [5, 5.41) is 7.63. The predicted molar refractivity (Wildman–Crippen MR) is 102 cm³/mol. The van der Waals surface area contributed by atoms with Crippen LogP contribution in [0.3, 0.4) is 0 Å². The molecular weight excluding hydrogens is 344 g/mol. The maximum Gasteiger partial charge on any atom is 0.322 e. The van der Waals surface area contributed by atoms with Crippen molar-refractivity contribution in [1.29, 1.82) is 0 Å². The van der Waals surface area contributed by atoms with Crippen LogP contribution in [0.15, 0.2) is 30.3 Å². The van der Waals surface area contributed by atoms with Gasteiger partial charge in [0.25, 0.3) is 0 Å². The summed E-state index contributed by atoms with van der Waals surface area (Å²) in [6.45, 7) is 9.53. The molecule has 2 aromatic rings. The van der Waals surface area contributed by atoms with Crippen LogP contribution >= 0.6 is 0 Å². The van der Waals surface area contributed by atoms with Crippen molar-refractivity contribution < 1.29 is 14.3 Å². The Morgan fingerprint density at radius 3 is 2.78 bits per heavy atom. The fourth-order valence-corrected chi connectivity index (χ4v) is 3.95. The van der Waals surface area contributed by atoms with Gasteiger partial charge in [-0.15, -0.1) is 0 Å². The molecule has 7 nitrogen and oxygen atoms in total. The van der Waals surface area contributed by atoms with E-state index in [0.29, 0.717) is 19.8 Å². The lowest BCUT2D eigenvalue weighted by atomic mass is 10.0. The minimum absolute atomic E-state index is 0.0566. The van der Waals surface area contributed by atoms with Crippen molar-refractivity contribution in [2.75, 3.05) is 25.1 Å². The Labute approximate surface area is 159 Å². The van der Waals surface area contributed by atoms with E-state index < -0.39 is 5.60 Å². The number of carbonyl (C=O) groups excluding carboxylic acids is 1. The number of rotatable bonds is 2. The molecule has 7 heteroatoms. The fourth-order valence-electron chi connectivity index (χ4n) is 3.95. The van der Waals surface area contributed by atoms with E-state index in [9.17, 15) is 4.79 Å². The van der Waals surface area contributed by atoms with Gasteiger partial charge in [-0.1, -0.05) is 12.1 Å². The molecule has 0 aliphatic carbocycles. The van der Waals surface area contributed by atoms with Gasteiger partial charge >= 0.3 is 6.03 Å². The Balaban J connectivity index is 1.61. The first kappa shape index (κ1) is 18.0. The summed E-state index contributed by atoms with van der Waals surface area (Å²) in [7, 11) is 0. The molecule has 2 aliphatic rings. The Hall–Kier alpha value is -2.38. The molecule has 2 fully saturated rings. The fraction of sp³-hybridized carbons (Fsp3) is 0.500. The highest BCUT2D eigenvalue weighted by molar-refractivity contribution is 5.92. The lowest BCUT2D eigenvalue weighted by Crippen LogP contribution is -2.61. The topological polar surface area (TPSA) is 68.6 Å².